The van der Waals surface area contributed by atoms with Gasteiger partial charge < -0.3 is 8.83 Å². The summed E-state index contributed by atoms with van der Waals surface area (Å²) in [5.41, 5.74) is 14.7. The zero-order chi connectivity index (χ0) is 37.0. The third-order valence-electron chi connectivity index (χ3n) is 10.6. The van der Waals surface area contributed by atoms with Crippen LogP contribution in [0.4, 0.5) is 0 Å². The van der Waals surface area contributed by atoms with Crippen molar-refractivity contribution < 1.29 is 8.83 Å². The number of benzene rings is 7. The van der Waals surface area contributed by atoms with E-state index in [0.29, 0.717) is 5.82 Å². The molecule has 4 heterocycles. The van der Waals surface area contributed by atoms with Crippen molar-refractivity contribution in [1.29, 1.82) is 0 Å². The highest BCUT2D eigenvalue weighted by atomic mass is 16.3. The van der Waals surface area contributed by atoms with Crippen LogP contribution in [-0.2, 0) is 0 Å². The van der Waals surface area contributed by atoms with Crippen LogP contribution in [0, 0.1) is 0 Å². The van der Waals surface area contributed by atoms with Crippen LogP contribution >= 0.6 is 0 Å². The topological polar surface area (TPSA) is 65.0 Å². The number of hydrogen-bond acceptors (Lipinski definition) is 5. The van der Waals surface area contributed by atoms with E-state index in [0.717, 1.165) is 105 Å². The van der Waals surface area contributed by atoms with Crippen molar-refractivity contribution in [1.82, 2.24) is 15.0 Å². The summed E-state index contributed by atoms with van der Waals surface area (Å²) in [6, 6.07) is 60.7. The number of pyridine rings is 1. The summed E-state index contributed by atoms with van der Waals surface area (Å²) in [6.07, 6.45) is 3.64. The van der Waals surface area contributed by atoms with Gasteiger partial charge in [-0.15, -0.1) is 0 Å². The summed E-state index contributed by atoms with van der Waals surface area (Å²) >= 11 is 0. The molecule has 56 heavy (non-hydrogen) atoms. The third kappa shape index (κ3) is 5.45. The van der Waals surface area contributed by atoms with E-state index in [1.54, 1.807) is 0 Å². The molecule has 0 fully saturated rings. The van der Waals surface area contributed by atoms with Crippen LogP contribution in [0.5, 0.6) is 0 Å². The average molecular weight is 718 g/mol. The molecule has 0 saturated carbocycles. The van der Waals surface area contributed by atoms with Crippen molar-refractivity contribution >= 4 is 43.9 Å². The highest BCUT2D eigenvalue weighted by Crippen LogP contribution is 2.43. The van der Waals surface area contributed by atoms with Gasteiger partial charge in [0.05, 0.1) is 11.4 Å². The first-order chi connectivity index (χ1) is 27.7. The number of furan rings is 2. The Balaban J connectivity index is 1.02. The lowest BCUT2D eigenvalue weighted by Gasteiger charge is -2.12. The van der Waals surface area contributed by atoms with Gasteiger partial charge in [0.25, 0.3) is 0 Å². The van der Waals surface area contributed by atoms with E-state index >= 15 is 0 Å². The molecule has 0 radical (unpaired) electrons. The summed E-state index contributed by atoms with van der Waals surface area (Å²) < 4.78 is 12.8. The minimum absolute atomic E-state index is 0.661. The summed E-state index contributed by atoms with van der Waals surface area (Å²) in [6.45, 7) is 0. The largest absolute Gasteiger partial charge is 0.456 e. The second-order valence-electron chi connectivity index (χ2n) is 14.0. The Hall–Kier alpha value is -7.63. The van der Waals surface area contributed by atoms with E-state index in [4.69, 9.17) is 18.8 Å². The Bertz CT molecular complexity index is 3240. The van der Waals surface area contributed by atoms with Gasteiger partial charge in [-0.05, 0) is 82.4 Å². The second-order valence-corrected chi connectivity index (χ2v) is 14.0. The molecule has 0 unspecified atom stereocenters. The summed E-state index contributed by atoms with van der Waals surface area (Å²) in [4.78, 5) is 14.4. The molecule has 0 aliphatic heterocycles. The lowest BCUT2D eigenvalue weighted by atomic mass is 9.93. The predicted octanol–water partition coefficient (Wildman–Crippen LogP) is 13.7. The molecule has 0 aliphatic rings. The Morgan fingerprint density at radius 2 is 0.964 bits per heavy atom. The fourth-order valence-corrected chi connectivity index (χ4v) is 7.87. The van der Waals surface area contributed by atoms with Crippen LogP contribution in [0.1, 0.15) is 0 Å². The fourth-order valence-electron chi connectivity index (χ4n) is 7.87. The van der Waals surface area contributed by atoms with Crippen LogP contribution in [0.15, 0.2) is 197 Å². The summed E-state index contributed by atoms with van der Waals surface area (Å²) in [5.74, 6) is 0.661. The van der Waals surface area contributed by atoms with Crippen molar-refractivity contribution in [3.8, 4) is 67.3 Å². The minimum Gasteiger partial charge on any atom is -0.456 e. The Kier molecular flexibility index (Phi) is 7.42. The van der Waals surface area contributed by atoms with E-state index in [1.165, 1.54) is 0 Å². The molecule has 4 aromatic heterocycles. The average Bonchev–Trinajstić information content (AvgIpc) is 3.85. The molecule has 0 saturated heterocycles. The number of hydrogen-bond donors (Lipinski definition) is 0. The maximum absolute atomic E-state index is 6.68. The molecule has 5 nitrogen and oxygen atoms in total. The van der Waals surface area contributed by atoms with Crippen LogP contribution in [0.2, 0.25) is 0 Å². The zero-order valence-electron chi connectivity index (χ0n) is 30.1. The molecule has 7 aromatic carbocycles. The third-order valence-corrected chi connectivity index (χ3v) is 10.6. The summed E-state index contributed by atoms with van der Waals surface area (Å²) in [7, 11) is 0. The van der Waals surface area contributed by atoms with E-state index in [2.05, 4.69) is 126 Å². The first-order valence-electron chi connectivity index (χ1n) is 18.7. The molecule has 5 heteroatoms. The van der Waals surface area contributed by atoms with Crippen LogP contribution in [0.25, 0.3) is 111 Å². The molecule has 11 rings (SSSR count). The van der Waals surface area contributed by atoms with E-state index in [1.807, 2.05) is 67.0 Å². The highest BCUT2D eigenvalue weighted by Gasteiger charge is 2.19. The van der Waals surface area contributed by atoms with Crippen LogP contribution < -0.4 is 0 Å². The maximum Gasteiger partial charge on any atom is 0.160 e. The van der Waals surface area contributed by atoms with Gasteiger partial charge in [-0.1, -0.05) is 121 Å². The van der Waals surface area contributed by atoms with Gasteiger partial charge >= 0.3 is 0 Å². The quantitative estimate of drug-likeness (QED) is 0.171. The lowest BCUT2D eigenvalue weighted by Crippen LogP contribution is -1.96. The Morgan fingerprint density at radius 1 is 0.339 bits per heavy atom. The smallest absolute Gasteiger partial charge is 0.160 e. The van der Waals surface area contributed by atoms with Crippen molar-refractivity contribution in [2.45, 2.75) is 0 Å². The van der Waals surface area contributed by atoms with Crippen molar-refractivity contribution in [3.63, 3.8) is 0 Å². The van der Waals surface area contributed by atoms with E-state index in [-0.39, 0.29) is 0 Å². The van der Waals surface area contributed by atoms with Gasteiger partial charge in [0.15, 0.2) is 5.82 Å². The molecule has 0 spiro atoms. The van der Waals surface area contributed by atoms with Gasteiger partial charge in [0.1, 0.15) is 22.3 Å². The molecule has 11 aromatic rings. The molecule has 262 valence electrons. The zero-order valence-corrected chi connectivity index (χ0v) is 30.1. The molecule has 0 atom stereocenters. The number of nitrogens with zero attached hydrogens (tertiary/aromatic N) is 3. The van der Waals surface area contributed by atoms with E-state index < -0.39 is 0 Å². The predicted molar refractivity (Wildman–Crippen MR) is 227 cm³/mol. The number of fused-ring (bicyclic) bond motifs is 6. The van der Waals surface area contributed by atoms with Crippen molar-refractivity contribution in [3.05, 3.63) is 188 Å². The molecule has 0 bridgehead atoms. The van der Waals surface area contributed by atoms with Gasteiger partial charge in [-0.2, -0.15) is 0 Å². The molecule has 0 amide bonds. The van der Waals surface area contributed by atoms with Crippen molar-refractivity contribution in [2.75, 3.05) is 0 Å². The molecule has 0 aliphatic carbocycles. The van der Waals surface area contributed by atoms with Gasteiger partial charge in [0.2, 0.25) is 0 Å². The summed E-state index contributed by atoms with van der Waals surface area (Å²) in [5, 5.41) is 4.38. The molecular weight excluding hydrogens is 687 g/mol. The number of para-hydroxylation sites is 2. The SMILES string of the molecule is c1ccc(-c2cc(-c3cccc(-c4ccncc4)c3)nc(-c3ccc(-c4ccc(-c5ccc6oc7ccccc7c6c5)c5c4oc4ccccc45)cc3)n2)cc1. The lowest BCUT2D eigenvalue weighted by molar-refractivity contribution is 0.669. The van der Waals surface area contributed by atoms with Gasteiger partial charge in [-0.25, -0.2) is 9.97 Å². The fraction of sp³-hybridized carbons (Fsp3) is 0. The minimum atomic E-state index is 0.661. The standard InChI is InChI=1S/C51H31N3O2/c1-2-9-34(10-3-1)44-31-45(38-12-8-11-36(29-38)32-25-27-52-28-26-32)54-51(53-44)35-19-17-33(18-20-35)40-23-22-39(49-42-14-5-7-16-47(42)56-50(40)49)37-21-24-48-43(30-37)41-13-4-6-15-46(41)55-48/h1-31H. The molecule has 0 N–H and O–H groups in total. The molecular formula is C51H31N3O2. The first kappa shape index (κ1) is 31.9. The Labute approximate surface area is 322 Å². The van der Waals surface area contributed by atoms with Crippen molar-refractivity contribution in [2.24, 2.45) is 0 Å². The van der Waals surface area contributed by atoms with E-state index in [9.17, 15) is 0 Å². The second kappa shape index (κ2) is 13.0. The first-order valence-corrected chi connectivity index (χ1v) is 18.7. The highest BCUT2D eigenvalue weighted by molar-refractivity contribution is 6.17. The number of rotatable bonds is 6. The monoisotopic (exact) mass is 717 g/mol. The maximum atomic E-state index is 6.68. The van der Waals surface area contributed by atoms with Crippen LogP contribution in [0.3, 0.4) is 0 Å². The van der Waals surface area contributed by atoms with Crippen LogP contribution in [-0.4, -0.2) is 15.0 Å². The van der Waals surface area contributed by atoms with Gasteiger partial charge in [0, 0.05) is 56.2 Å². The normalized spacial score (nSPS) is 11.6. The Morgan fingerprint density at radius 3 is 1.79 bits per heavy atom. The number of aromatic nitrogens is 3. The van der Waals surface area contributed by atoms with Gasteiger partial charge in [-0.3, -0.25) is 4.98 Å².